The molecule has 0 spiro atoms. The van der Waals surface area contributed by atoms with E-state index < -0.39 is 0 Å². The van der Waals surface area contributed by atoms with Crippen molar-refractivity contribution >= 4 is 22.6 Å². The van der Waals surface area contributed by atoms with Gasteiger partial charge in [-0.2, -0.15) is 0 Å². The summed E-state index contributed by atoms with van der Waals surface area (Å²) in [4.78, 5) is 12.6. The Morgan fingerprint density at radius 3 is 2.64 bits per heavy atom. The molecule has 5 nitrogen and oxygen atoms in total. The maximum absolute atomic E-state index is 12.6. The molecule has 164 valence electrons. The van der Waals surface area contributed by atoms with Gasteiger partial charge in [0.2, 0.25) is 6.79 Å². The van der Waals surface area contributed by atoms with Crippen LogP contribution in [-0.4, -0.2) is 19.7 Å². The fourth-order valence-corrected chi connectivity index (χ4v) is 3.75. The summed E-state index contributed by atoms with van der Waals surface area (Å²) in [6.45, 7) is 0.526. The van der Waals surface area contributed by atoms with Gasteiger partial charge in [0.25, 0.3) is 0 Å². The Morgan fingerprint density at radius 1 is 0.909 bits per heavy atom. The molecule has 1 heterocycles. The molecule has 1 aliphatic rings. The van der Waals surface area contributed by atoms with Gasteiger partial charge < -0.3 is 18.9 Å². The Labute approximate surface area is 191 Å². The third-order valence-corrected chi connectivity index (χ3v) is 5.50. The molecule has 5 rings (SSSR count). The summed E-state index contributed by atoms with van der Waals surface area (Å²) in [5.74, 6) is 2.65. The summed E-state index contributed by atoms with van der Waals surface area (Å²) in [6, 6.07) is 25.1. The lowest BCUT2D eigenvalue weighted by Crippen LogP contribution is -1.99. The number of ketones is 1. The average molecular weight is 438 g/mol. The molecule has 0 unspecified atom stereocenters. The number of methoxy groups -OCH3 is 1. The standard InChI is InChI=1S/C28H22O5/c1-30-26-12-7-19(6-11-25(29)22-9-13-27-28(16-22)33-18-32-27)14-23(26)17-31-24-10-8-20-4-2-3-5-21(20)15-24/h2-16H,17-18H2,1H3/b11-6+. The second-order valence-electron chi connectivity index (χ2n) is 7.63. The fourth-order valence-electron chi connectivity index (χ4n) is 3.75. The molecule has 0 radical (unpaired) electrons. The zero-order valence-corrected chi connectivity index (χ0v) is 18.1. The summed E-state index contributed by atoms with van der Waals surface area (Å²) >= 11 is 0. The van der Waals surface area contributed by atoms with Crippen LogP contribution in [0.25, 0.3) is 16.8 Å². The van der Waals surface area contributed by atoms with Crippen LogP contribution in [0.1, 0.15) is 21.5 Å². The number of fused-ring (bicyclic) bond motifs is 2. The Bertz CT molecular complexity index is 1360. The van der Waals surface area contributed by atoms with Crippen molar-refractivity contribution in [2.24, 2.45) is 0 Å². The number of benzene rings is 4. The van der Waals surface area contributed by atoms with Crippen LogP contribution in [0, 0.1) is 0 Å². The van der Waals surface area contributed by atoms with Crippen LogP contribution in [0.4, 0.5) is 0 Å². The van der Waals surface area contributed by atoms with Crippen LogP contribution in [0.3, 0.4) is 0 Å². The zero-order chi connectivity index (χ0) is 22.6. The van der Waals surface area contributed by atoms with E-state index in [1.54, 1.807) is 37.5 Å². The summed E-state index contributed by atoms with van der Waals surface area (Å²) in [5.41, 5.74) is 2.31. The first-order valence-corrected chi connectivity index (χ1v) is 10.6. The highest BCUT2D eigenvalue weighted by Crippen LogP contribution is 2.32. The number of carbonyl (C=O) groups excluding carboxylic acids is 1. The van der Waals surface area contributed by atoms with Crippen molar-refractivity contribution < 1.29 is 23.7 Å². The quantitative estimate of drug-likeness (QED) is 0.260. The van der Waals surface area contributed by atoms with Crippen molar-refractivity contribution in [3.05, 3.63) is 102 Å². The number of ether oxygens (including phenoxy) is 4. The summed E-state index contributed by atoms with van der Waals surface area (Å²) in [7, 11) is 1.63. The molecule has 0 fully saturated rings. The van der Waals surface area contributed by atoms with Crippen LogP contribution in [0.5, 0.6) is 23.0 Å². The third-order valence-electron chi connectivity index (χ3n) is 5.50. The molecule has 0 saturated carbocycles. The van der Waals surface area contributed by atoms with E-state index in [0.717, 1.165) is 28.0 Å². The van der Waals surface area contributed by atoms with E-state index in [2.05, 4.69) is 12.1 Å². The molecule has 0 amide bonds. The minimum Gasteiger partial charge on any atom is -0.496 e. The molecule has 5 heteroatoms. The van der Waals surface area contributed by atoms with Crippen molar-refractivity contribution in [3.8, 4) is 23.0 Å². The van der Waals surface area contributed by atoms with Gasteiger partial charge in [-0.05, 0) is 64.9 Å². The number of hydrogen-bond acceptors (Lipinski definition) is 5. The maximum atomic E-state index is 12.6. The molecule has 0 atom stereocenters. The van der Waals surface area contributed by atoms with E-state index >= 15 is 0 Å². The maximum Gasteiger partial charge on any atom is 0.231 e. The van der Waals surface area contributed by atoms with Crippen LogP contribution >= 0.6 is 0 Å². The molecule has 0 bridgehead atoms. The van der Waals surface area contributed by atoms with E-state index in [1.807, 2.05) is 48.5 Å². The first-order valence-electron chi connectivity index (χ1n) is 10.6. The normalized spacial score (nSPS) is 12.3. The summed E-state index contributed by atoms with van der Waals surface area (Å²) < 4.78 is 22.2. The molecule has 0 aromatic heterocycles. The van der Waals surface area contributed by atoms with Gasteiger partial charge in [-0.3, -0.25) is 4.79 Å². The van der Waals surface area contributed by atoms with Crippen molar-refractivity contribution in [2.45, 2.75) is 6.61 Å². The Hall–Kier alpha value is -4.25. The number of hydrogen-bond donors (Lipinski definition) is 0. The third kappa shape index (κ3) is 4.53. The fraction of sp³-hybridized carbons (Fsp3) is 0.107. The molecule has 0 aliphatic carbocycles. The molecule has 4 aromatic carbocycles. The van der Waals surface area contributed by atoms with Crippen LogP contribution in [0.2, 0.25) is 0 Å². The highest BCUT2D eigenvalue weighted by Gasteiger charge is 2.15. The van der Waals surface area contributed by atoms with Gasteiger partial charge in [0.05, 0.1) is 7.11 Å². The van der Waals surface area contributed by atoms with Crippen LogP contribution in [0.15, 0.2) is 84.9 Å². The van der Waals surface area contributed by atoms with E-state index in [9.17, 15) is 4.79 Å². The predicted molar refractivity (Wildman–Crippen MR) is 127 cm³/mol. The smallest absolute Gasteiger partial charge is 0.231 e. The number of allylic oxidation sites excluding steroid dienone is 1. The van der Waals surface area contributed by atoms with Crippen molar-refractivity contribution in [1.82, 2.24) is 0 Å². The molecule has 1 aliphatic heterocycles. The SMILES string of the molecule is COc1ccc(/C=C/C(=O)c2ccc3c(c2)OCO3)cc1COc1ccc2ccccc2c1. The van der Waals surface area contributed by atoms with Gasteiger partial charge in [-0.1, -0.05) is 42.5 Å². The summed E-state index contributed by atoms with van der Waals surface area (Å²) in [5, 5.41) is 2.29. The molecular weight excluding hydrogens is 416 g/mol. The Balaban J connectivity index is 1.31. The molecule has 0 N–H and O–H groups in total. The van der Waals surface area contributed by atoms with Gasteiger partial charge >= 0.3 is 0 Å². The molecular formula is C28H22O5. The van der Waals surface area contributed by atoms with Gasteiger partial charge in [0.1, 0.15) is 18.1 Å². The van der Waals surface area contributed by atoms with Crippen LogP contribution in [-0.2, 0) is 6.61 Å². The van der Waals surface area contributed by atoms with E-state index in [0.29, 0.717) is 23.7 Å². The van der Waals surface area contributed by atoms with Gasteiger partial charge in [0, 0.05) is 11.1 Å². The van der Waals surface area contributed by atoms with Crippen LogP contribution < -0.4 is 18.9 Å². The lowest BCUT2D eigenvalue weighted by molar-refractivity contribution is 0.104. The lowest BCUT2D eigenvalue weighted by atomic mass is 10.1. The van der Waals surface area contributed by atoms with E-state index in [-0.39, 0.29) is 12.6 Å². The average Bonchev–Trinajstić information content (AvgIpc) is 3.34. The molecule has 33 heavy (non-hydrogen) atoms. The zero-order valence-electron chi connectivity index (χ0n) is 18.1. The first-order chi connectivity index (χ1) is 16.2. The largest absolute Gasteiger partial charge is 0.496 e. The highest BCUT2D eigenvalue weighted by molar-refractivity contribution is 6.07. The molecule has 4 aromatic rings. The Kier molecular flexibility index (Phi) is 5.68. The number of rotatable bonds is 7. The highest BCUT2D eigenvalue weighted by atomic mass is 16.7. The minimum atomic E-state index is -0.113. The van der Waals surface area contributed by atoms with Crippen molar-refractivity contribution in [3.63, 3.8) is 0 Å². The lowest BCUT2D eigenvalue weighted by Gasteiger charge is -2.12. The van der Waals surface area contributed by atoms with Gasteiger partial charge in [-0.15, -0.1) is 0 Å². The number of carbonyl (C=O) groups is 1. The monoisotopic (exact) mass is 438 g/mol. The van der Waals surface area contributed by atoms with Crippen molar-refractivity contribution in [2.75, 3.05) is 13.9 Å². The molecule has 0 saturated heterocycles. The summed E-state index contributed by atoms with van der Waals surface area (Å²) in [6.07, 6.45) is 3.33. The predicted octanol–water partition coefficient (Wildman–Crippen LogP) is 6.05. The topological polar surface area (TPSA) is 54.0 Å². The second kappa shape index (κ2) is 9.09. The second-order valence-corrected chi connectivity index (χ2v) is 7.63. The van der Waals surface area contributed by atoms with E-state index in [1.165, 1.54) is 5.39 Å². The van der Waals surface area contributed by atoms with Crippen molar-refractivity contribution in [1.29, 1.82) is 0 Å². The Morgan fingerprint density at radius 2 is 1.76 bits per heavy atom. The minimum absolute atomic E-state index is 0.113. The van der Waals surface area contributed by atoms with Gasteiger partial charge in [-0.25, -0.2) is 0 Å². The van der Waals surface area contributed by atoms with Gasteiger partial charge in [0.15, 0.2) is 17.3 Å². The van der Waals surface area contributed by atoms with E-state index in [4.69, 9.17) is 18.9 Å². The first kappa shape index (κ1) is 20.6.